The smallest absolute Gasteiger partial charge is 0.208 e. The summed E-state index contributed by atoms with van der Waals surface area (Å²) in [5, 5.41) is 7.87. The summed E-state index contributed by atoms with van der Waals surface area (Å²) in [6.45, 7) is 4.13. The number of aryl methyl sites for hydroxylation is 2. The molecule has 1 N–H and O–H groups in total. The third-order valence-electron chi connectivity index (χ3n) is 2.94. The molecule has 19 heavy (non-hydrogen) atoms. The maximum atomic E-state index is 4.59. The van der Waals surface area contributed by atoms with E-state index in [1.54, 1.807) is 11.8 Å². The third-order valence-corrected chi connectivity index (χ3v) is 3.82. The van der Waals surface area contributed by atoms with Gasteiger partial charge in [-0.3, -0.25) is 5.10 Å². The lowest BCUT2D eigenvalue weighted by Gasteiger charge is -1.95. The van der Waals surface area contributed by atoms with E-state index in [9.17, 15) is 0 Å². The van der Waals surface area contributed by atoms with Gasteiger partial charge in [-0.2, -0.15) is 0 Å². The van der Waals surface area contributed by atoms with Gasteiger partial charge in [0, 0.05) is 24.1 Å². The molecule has 0 spiro atoms. The summed E-state index contributed by atoms with van der Waals surface area (Å²) in [6, 6.07) is 6.12. The molecule has 0 aliphatic carbocycles. The summed E-state index contributed by atoms with van der Waals surface area (Å²) in [7, 11) is 0. The van der Waals surface area contributed by atoms with E-state index < -0.39 is 0 Å². The largest absolute Gasteiger partial charge is 0.304 e. The second kappa shape index (κ2) is 5.05. The van der Waals surface area contributed by atoms with Crippen LogP contribution in [-0.4, -0.2) is 24.6 Å². The van der Waals surface area contributed by atoms with Crippen molar-refractivity contribution >= 4 is 17.4 Å². The maximum absolute atomic E-state index is 4.59. The van der Waals surface area contributed by atoms with Gasteiger partial charge < -0.3 is 4.40 Å². The lowest BCUT2D eigenvalue weighted by atomic mass is 10.4. The van der Waals surface area contributed by atoms with Crippen molar-refractivity contribution in [2.45, 2.75) is 31.2 Å². The second-order valence-corrected chi connectivity index (χ2v) is 5.28. The van der Waals surface area contributed by atoms with Crippen LogP contribution in [0.3, 0.4) is 0 Å². The topological polar surface area (TPSA) is 58.9 Å². The number of H-pyrrole nitrogens is 1. The molecule has 5 nitrogen and oxygen atoms in total. The van der Waals surface area contributed by atoms with Gasteiger partial charge in [-0.05, 0) is 19.1 Å². The normalized spacial score (nSPS) is 11.3. The van der Waals surface area contributed by atoms with Gasteiger partial charge in [0.25, 0.3) is 0 Å². The molecule has 0 saturated carbocycles. The molecule has 3 aromatic rings. The Hall–Kier alpha value is -1.82. The van der Waals surface area contributed by atoms with Crippen molar-refractivity contribution < 1.29 is 0 Å². The monoisotopic (exact) mass is 273 g/mol. The van der Waals surface area contributed by atoms with E-state index in [-0.39, 0.29) is 0 Å². The molecule has 3 heterocycles. The molecule has 6 heteroatoms. The molecule has 0 aliphatic rings. The van der Waals surface area contributed by atoms with Crippen LogP contribution in [0.1, 0.15) is 24.1 Å². The van der Waals surface area contributed by atoms with Crippen LogP contribution in [0.5, 0.6) is 0 Å². The number of rotatable bonds is 4. The van der Waals surface area contributed by atoms with E-state index in [0.717, 1.165) is 34.5 Å². The van der Waals surface area contributed by atoms with E-state index >= 15 is 0 Å². The van der Waals surface area contributed by atoms with Gasteiger partial charge in [0.05, 0.1) is 5.69 Å². The molecule has 0 aromatic carbocycles. The van der Waals surface area contributed by atoms with Gasteiger partial charge in [-0.15, -0.1) is 5.10 Å². The average molecular weight is 273 g/mol. The Morgan fingerprint density at radius 2 is 2.21 bits per heavy atom. The van der Waals surface area contributed by atoms with Crippen molar-refractivity contribution in [3.63, 3.8) is 0 Å². The van der Waals surface area contributed by atoms with Gasteiger partial charge in [-0.1, -0.05) is 24.8 Å². The highest BCUT2D eigenvalue weighted by atomic mass is 32.2. The van der Waals surface area contributed by atoms with Crippen LogP contribution in [-0.2, 0) is 12.2 Å². The summed E-state index contributed by atoms with van der Waals surface area (Å²) in [5.74, 6) is 1.70. The molecule has 0 radical (unpaired) electrons. The van der Waals surface area contributed by atoms with Crippen molar-refractivity contribution in [3.8, 4) is 0 Å². The second-order valence-electron chi connectivity index (χ2n) is 4.33. The SMILES string of the molecule is CCc1nc(SCc2cn3c(C)cccc3n2)n[nH]1. The average Bonchev–Trinajstić information content (AvgIpc) is 3.03. The molecule has 0 amide bonds. The highest BCUT2D eigenvalue weighted by molar-refractivity contribution is 7.98. The van der Waals surface area contributed by atoms with Gasteiger partial charge in [0.2, 0.25) is 5.16 Å². The third kappa shape index (κ3) is 2.49. The Labute approximate surface area is 115 Å². The first kappa shape index (κ1) is 12.2. The van der Waals surface area contributed by atoms with Crippen molar-refractivity contribution in [2.75, 3.05) is 0 Å². The Morgan fingerprint density at radius 1 is 1.32 bits per heavy atom. The maximum Gasteiger partial charge on any atom is 0.208 e. The lowest BCUT2D eigenvalue weighted by molar-refractivity contribution is 0.941. The molecule has 0 atom stereocenters. The van der Waals surface area contributed by atoms with Crippen LogP contribution in [0.15, 0.2) is 29.6 Å². The number of pyridine rings is 1. The summed E-state index contributed by atoms with van der Waals surface area (Å²) in [4.78, 5) is 8.97. The van der Waals surface area contributed by atoms with Gasteiger partial charge >= 0.3 is 0 Å². The van der Waals surface area contributed by atoms with E-state index in [4.69, 9.17) is 0 Å². The standard InChI is InChI=1S/C13H15N5S/c1-3-11-15-13(17-16-11)19-8-10-7-18-9(2)5-4-6-12(18)14-10/h4-7H,3,8H2,1-2H3,(H,15,16,17). The number of hydrogen-bond donors (Lipinski definition) is 1. The van der Waals surface area contributed by atoms with Crippen molar-refractivity contribution in [2.24, 2.45) is 0 Å². The first-order valence-corrected chi connectivity index (χ1v) is 7.22. The van der Waals surface area contributed by atoms with Crippen molar-refractivity contribution in [1.29, 1.82) is 0 Å². The molecule has 98 valence electrons. The fourth-order valence-electron chi connectivity index (χ4n) is 1.91. The van der Waals surface area contributed by atoms with E-state index in [2.05, 4.69) is 50.7 Å². The minimum atomic E-state index is 0.780. The van der Waals surface area contributed by atoms with E-state index in [1.807, 2.05) is 12.1 Å². The van der Waals surface area contributed by atoms with Crippen molar-refractivity contribution in [1.82, 2.24) is 24.6 Å². The Bertz CT molecular complexity index is 700. The molecule has 3 rings (SSSR count). The number of thioether (sulfide) groups is 1. The van der Waals surface area contributed by atoms with Gasteiger partial charge in [0.15, 0.2) is 0 Å². The van der Waals surface area contributed by atoms with Gasteiger partial charge in [0.1, 0.15) is 11.5 Å². The Kier molecular flexibility index (Phi) is 3.25. The summed E-state index contributed by atoms with van der Waals surface area (Å²) in [6.07, 6.45) is 2.95. The summed E-state index contributed by atoms with van der Waals surface area (Å²) >= 11 is 1.60. The highest BCUT2D eigenvalue weighted by Gasteiger charge is 2.06. The predicted octanol–water partition coefficient (Wildman–Crippen LogP) is 2.62. The molecular formula is C13H15N5S. The van der Waals surface area contributed by atoms with Gasteiger partial charge in [-0.25, -0.2) is 9.97 Å². The summed E-state index contributed by atoms with van der Waals surface area (Å²) < 4.78 is 2.10. The summed E-state index contributed by atoms with van der Waals surface area (Å²) in [5.41, 5.74) is 3.22. The van der Waals surface area contributed by atoms with Crippen LogP contribution in [0.4, 0.5) is 0 Å². The quantitative estimate of drug-likeness (QED) is 0.742. The fourth-order valence-corrected chi connectivity index (χ4v) is 2.61. The van der Waals surface area contributed by atoms with Crippen LogP contribution < -0.4 is 0 Å². The zero-order chi connectivity index (χ0) is 13.2. The lowest BCUT2D eigenvalue weighted by Crippen LogP contribution is -1.86. The molecule has 0 unspecified atom stereocenters. The number of aromatic nitrogens is 5. The highest BCUT2D eigenvalue weighted by Crippen LogP contribution is 2.19. The zero-order valence-corrected chi connectivity index (χ0v) is 11.7. The Morgan fingerprint density at radius 3 is 2.95 bits per heavy atom. The molecule has 0 aliphatic heterocycles. The van der Waals surface area contributed by atoms with E-state index in [1.165, 1.54) is 5.69 Å². The molecule has 0 bridgehead atoms. The number of nitrogens with one attached hydrogen (secondary N) is 1. The molecule has 3 aromatic heterocycles. The van der Waals surface area contributed by atoms with Crippen LogP contribution >= 0.6 is 11.8 Å². The zero-order valence-electron chi connectivity index (χ0n) is 10.9. The molecule has 0 saturated heterocycles. The first-order valence-electron chi connectivity index (χ1n) is 6.24. The number of aromatic amines is 1. The Balaban J connectivity index is 1.76. The van der Waals surface area contributed by atoms with Crippen LogP contribution in [0.2, 0.25) is 0 Å². The van der Waals surface area contributed by atoms with E-state index in [0.29, 0.717) is 0 Å². The first-order chi connectivity index (χ1) is 9.26. The van der Waals surface area contributed by atoms with Crippen molar-refractivity contribution in [3.05, 3.63) is 41.6 Å². The minimum Gasteiger partial charge on any atom is -0.304 e. The van der Waals surface area contributed by atoms with Crippen LogP contribution in [0, 0.1) is 6.92 Å². The molecule has 0 fully saturated rings. The van der Waals surface area contributed by atoms with Crippen LogP contribution in [0.25, 0.3) is 5.65 Å². The number of nitrogens with zero attached hydrogens (tertiary/aromatic N) is 4. The number of imidazole rings is 1. The number of hydrogen-bond acceptors (Lipinski definition) is 4. The number of fused-ring (bicyclic) bond motifs is 1. The predicted molar refractivity (Wildman–Crippen MR) is 75.3 cm³/mol. The fraction of sp³-hybridized carbons (Fsp3) is 0.308. The molecular weight excluding hydrogens is 258 g/mol. The minimum absolute atomic E-state index is 0.780.